The predicted octanol–water partition coefficient (Wildman–Crippen LogP) is 4.80. The van der Waals surface area contributed by atoms with E-state index in [0.29, 0.717) is 33.5 Å². The highest BCUT2D eigenvalue weighted by molar-refractivity contribution is 6.12. The summed E-state index contributed by atoms with van der Waals surface area (Å²) in [5.74, 6) is -0.930. The standard InChI is InChI=1S/C27H23N3O4/c1-33-16-34-27(32)24-15-19-7-3-2-6-18(19)14-23(24)21-8-4-5-9-22(21)26(31)30-20-12-10-17(11-13-20)25(28)29/h2-15H,16H2,1H3,(H3,28,29)(H,30,31). The van der Waals surface area contributed by atoms with Crippen LogP contribution >= 0.6 is 0 Å². The average molecular weight is 453 g/mol. The third-order valence-electron chi connectivity index (χ3n) is 5.33. The summed E-state index contributed by atoms with van der Waals surface area (Å²) in [6, 6.07) is 25.1. The van der Waals surface area contributed by atoms with Crippen LogP contribution < -0.4 is 11.1 Å². The van der Waals surface area contributed by atoms with E-state index in [1.165, 1.54) is 7.11 Å². The van der Waals surface area contributed by atoms with Gasteiger partial charge in [-0.15, -0.1) is 0 Å². The molecule has 4 N–H and O–H groups in total. The van der Waals surface area contributed by atoms with Crippen LogP contribution in [0.2, 0.25) is 0 Å². The molecule has 170 valence electrons. The summed E-state index contributed by atoms with van der Waals surface area (Å²) in [7, 11) is 1.44. The lowest BCUT2D eigenvalue weighted by Gasteiger charge is -2.15. The van der Waals surface area contributed by atoms with E-state index in [0.717, 1.165) is 10.8 Å². The number of hydrogen-bond donors (Lipinski definition) is 3. The molecule has 7 heteroatoms. The number of methoxy groups -OCH3 is 1. The minimum Gasteiger partial charge on any atom is -0.435 e. The molecule has 0 aromatic heterocycles. The van der Waals surface area contributed by atoms with Gasteiger partial charge in [-0.05, 0) is 64.4 Å². The first kappa shape index (κ1) is 22.7. The molecule has 4 rings (SSSR count). The van der Waals surface area contributed by atoms with E-state index >= 15 is 0 Å². The van der Waals surface area contributed by atoms with E-state index in [4.69, 9.17) is 20.6 Å². The van der Waals surface area contributed by atoms with Gasteiger partial charge in [0.05, 0.1) is 5.56 Å². The van der Waals surface area contributed by atoms with Crippen LogP contribution in [0.1, 0.15) is 26.3 Å². The lowest BCUT2D eigenvalue weighted by atomic mass is 9.92. The van der Waals surface area contributed by atoms with Crippen LogP contribution in [0, 0.1) is 5.41 Å². The maximum atomic E-state index is 13.2. The third kappa shape index (κ3) is 4.79. The van der Waals surface area contributed by atoms with Crippen molar-refractivity contribution < 1.29 is 19.1 Å². The molecule has 0 radical (unpaired) electrons. The highest BCUT2D eigenvalue weighted by Gasteiger charge is 2.20. The number of fused-ring (bicyclic) bond motifs is 1. The number of carbonyl (C=O) groups is 2. The van der Waals surface area contributed by atoms with E-state index in [-0.39, 0.29) is 18.5 Å². The Hall–Kier alpha value is -4.49. The monoisotopic (exact) mass is 453 g/mol. The molecule has 0 spiro atoms. The summed E-state index contributed by atoms with van der Waals surface area (Å²) >= 11 is 0. The minimum absolute atomic E-state index is 0.0487. The Labute approximate surface area is 196 Å². The molecule has 0 atom stereocenters. The summed E-state index contributed by atoms with van der Waals surface area (Å²) < 4.78 is 10.1. The fraction of sp³-hybridized carbons (Fsp3) is 0.0741. The van der Waals surface area contributed by atoms with Crippen molar-refractivity contribution in [1.29, 1.82) is 5.41 Å². The second-order valence-electron chi connectivity index (χ2n) is 7.57. The molecular weight excluding hydrogens is 430 g/mol. The van der Waals surface area contributed by atoms with Gasteiger partial charge in [0.1, 0.15) is 5.84 Å². The van der Waals surface area contributed by atoms with E-state index in [1.807, 2.05) is 36.4 Å². The van der Waals surface area contributed by atoms with Crippen LogP contribution in [0.25, 0.3) is 21.9 Å². The Balaban J connectivity index is 1.76. The number of anilines is 1. The summed E-state index contributed by atoms with van der Waals surface area (Å²) in [6.07, 6.45) is 0. The first-order valence-electron chi connectivity index (χ1n) is 10.5. The van der Waals surface area contributed by atoms with Crippen LogP contribution in [-0.2, 0) is 9.47 Å². The quantitative estimate of drug-likeness (QED) is 0.161. The van der Waals surface area contributed by atoms with Gasteiger partial charge in [-0.25, -0.2) is 4.79 Å². The van der Waals surface area contributed by atoms with Gasteiger partial charge < -0.3 is 20.5 Å². The average Bonchev–Trinajstić information content (AvgIpc) is 2.86. The molecular formula is C27H23N3O4. The van der Waals surface area contributed by atoms with Crippen LogP contribution in [0.4, 0.5) is 5.69 Å². The Bertz CT molecular complexity index is 1380. The highest BCUT2D eigenvalue weighted by Crippen LogP contribution is 2.32. The molecule has 0 unspecified atom stereocenters. The van der Waals surface area contributed by atoms with Gasteiger partial charge in [0.15, 0.2) is 6.79 Å². The molecule has 4 aromatic carbocycles. The minimum atomic E-state index is -0.544. The van der Waals surface area contributed by atoms with Crippen molar-refractivity contribution in [3.8, 4) is 11.1 Å². The van der Waals surface area contributed by atoms with Gasteiger partial charge in [-0.2, -0.15) is 0 Å². The summed E-state index contributed by atoms with van der Waals surface area (Å²) in [4.78, 5) is 26.1. The molecule has 34 heavy (non-hydrogen) atoms. The molecule has 0 bridgehead atoms. The van der Waals surface area contributed by atoms with Crippen molar-refractivity contribution in [3.63, 3.8) is 0 Å². The number of carbonyl (C=O) groups excluding carboxylic acids is 2. The molecule has 4 aromatic rings. The number of benzene rings is 4. The lowest BCUT2D eigenvalue weighted by Crippen LogP contribution is -2.15. The number of amides is 1. The van der Waals surface area contributed by atoms with Gasteiger partial charge >= 0.3 is 5.97 Å². The molecule has 0 aliphatic heterocycles. The van der Waals surface area contributed by atoms with Crippen molar-refractivity contribution in [2.45, 2.75) is 0 Å². The number of amidine groups is 1. The van der Waals surface area contributed by atoms with Crippen molar-refractivity contribution in [3.05, 3.63) is 102 Å². The molecule has 0 saturated carbocycles. The molecule has 0 aliphatic carbocycles. The number of nitrogens with one attached hydrogen (secondary N) is 2. The number of ether oxygens (including phenoxy) is 2. The maximum Gasteiger partial charge on any atom is 0.340 e. The van der Waals surface area contributed by atoms with E-state index in [9.17, 15) is 9.59 Å². The Kier molecular flexibility index (Phi) is 6.66. The van der Waals surface area contributed by atoms with Gasteiger partial charge in [-0.1, -0.05) is 42.5 Å². The second-order valence-corrected chi connectivity index (χ2v) is 7.57. The van der Waals surface area contributed by atoms with Gasteiger partial charge in [0.2, 0.25) is 0 Å². The summed E-state index contributed by atoms with van der Waals surface area (Å²) in [5, 5.41) is 12.2. The number of nitrogen functional groups attached to an aromatic ring is 1. The van der Waals surface area contributed by atoms with Crippen LogP contribution in [0.3, 0.4) is 0 Å². The molecule has 0 saturated heterocycles. The number of nitrogens with two attached hydrogens (primary N) is 1. The summed E-state index contributed by atoms with van der Waals surface area (Å²) in [5.41, 5.74) is 8.53. The fourth-order valence-electron chi connectivity index (χ4n) is 3.67. The molecule has 7 nitrogen and oxygen atoms in total. The first-order valence-corrected chi connectivity index (χ1v) is 10.5. The van der Waals surface area contributed by atoms with Crippen molar-refractivity contribution >= 4 is 34.2 Å². The summed E-state index contributed by atoms with van der Waals surface area (Å²) in [6.45, 7) is -0.177. The Morgan fingerprint density at radius 1 is 0.853 bits per heavy atom. The van der Waals surface area contributed by atoms with Crippen molar-refractivity contribution in [2.24, 2.45) is 5.73 Å². The zero-order valence-corrected chi connectivity index (χ0v) is 18.5. The lowest BCUT2D eigenvalue weighted by molar-refractivity contribution is -0.0124. The van der Waals surface area contributed by atoms with E-state index < -0.39 is 5.97 Å². The molecule has 1 amide bonds. The highest BCUT2D eigenvalue weighted by atomic mass is 16.7. The third-order valence-corrected chi connectivity index (χ3v) is 5.33. The van der Waals surface area contributed by atoms with Crippen LogP contribution in [0.15, 0.2) is 84.9 Å². The molecule has 0 fully saturated rings. The Morgan fingerprint density at radius 2 is 1.50 bits per heavy atom. The predicted molar refractivity (Wildman–Crippen MR) is 132 cm³/mol. The molecule has 0 heterocycles. The van der Waals surface area contributed by atoms with E-state index in [2.05, 4.69) is 5.32 Å². The Morgan fingerprint density at radius 3 is 2.18 bits per heavy atom. The topological polar surface area (TPSA) is 114 Å². The zero-order valence-electron chi connectivity index (χ0n) is 18.5. The van der Waals surface area contributed by atoms with Crippen LogP contribution in [-0.4, -0.2) is 31.6 Å². The number of esters is 1. The first-order chi connectivity index (χ1) is 16.5. The fourth-order valence-corrected chi connectivity index (χ4v) is 3.67. The number of rotatable bonds is 7. The zero-order chi connectivity index (χ0) is 24.1. The maximum absolute atomic E-state index is 13.2. The van der Waals surface area contributed by atoms with Crippen LogP contribution in [0.5, 0.6) is 0 Å². The SMILES string of the molecule is COCOC(=O)c1cc2ccccc2cc1-c1ccccc1C(=O)Nc1ccc(C(=N)N)cc1. The van der Waals surface area contributed by atoms with Gasteiger partial charge in [0, 0.05) is 23.9 Å². The number of hydrogen-bond acceptors (Lipinski definition) is 5. The van der Waals surface area contributed by atoms with Crippen molar-refractivity contribution in [2.75, 3.05) is 19.2 Å². The second kappa shape index (κ2) is 9.97. The normalized spacial score (nSPS) is 10.6. The molecule has 0 aliphatic rings. The van der Waals surface area contributed by atoms with E-state index in [1.54, 1.807) is 48.5 Å². The largest absolute Gasteiger partial charge is 0.435 e. The van der Waals surface area contributed by atoms with Gasteiger partial charge in [0.25, 0.3) is 5.91 Å². The smallest absolute Gasteiger partial charge is 0.340 e. The van der Waals surface area contributed by atoms with Crippen molar-refractivity contribution in [1.82, 2.24) is 0 Å². The van der Waals surface area contributed by atoms with Gasteiger partial charge in [-0.3, -0.25) is 10.2 Å².